The summed E-state index contributed by atoms with van der Waals surface area (Å²) in [6.45, 7) is 0. The van der Waals surface area contributed by atoms with Crippen LogP contribution in [0, 0.1) is 11.8 Å². The smallest absolute Gasteiger partial charge is 0.241 e. The number of hydrogen-bond acceptors (Lipinski definition) is 4. The molecule has 3 aliphatic rings. The van der Waals surface area contributed by atoms with Crippen LogP contribution < -0.4 is 4.90 Å². The van der Waals surface area contributed by atoms with Gasteiger partial charge in [-0.1, -0.05) is 11.6 Å². The highest BCUT2D eigenvalue weighted by Gasteiger charge is 2.62. The van der Waals surface area contributed by atoms with Crippen molar-refractivity contribution in [3.05, 3.63) is 23.4 Å². The Morgan fingerprint density at radius 2 is 1.79 bits per heavy atom. The lowest BCUT2D eigenvalue weighted by molar-refractivity contribution is -0.124. The molecule has 0 N–H and O–H groups in total. The van der Waals surface area contributed by atoms with Crippen LogP contribution in [0.5, 0.6) is 0 Å². The van der Waals surface area contributed by atoms with Crippen LogP contribution in [0.2, 0.25) is 5.02 Å². The zero-order valence-corrected chi connectivity index (χ0v) is 10.7. The van der Waals surface area contributed by atoms with Crippen LogP contribution in [0.4, 0.5) is 5.82 Å². The fourth-order valence-corrected chi connectivity index (χ4v) is 3.55. The van der Waals surface area contributed by atoms with E-state index in [-0.39, 0.29) is 35.9 Å². The molecule has 4 rings (SSSR count). The van der Waals surface area contributed by atoms with Crippen molar-refractivity contribution in [3.63, 3.8) is 0 Å². The van der Waals surface area contributed by atoms with Crippen molar-refractivity contribution >= 4 is 29.2 Å². The van der Waals surface area contributed by atoms with Gasteiger partial charge in [0.25, 0.3) is 0 Å². The fraction of sp³-hybridized carbons (Fsp3) is 0.462. The number of carbonyl (C=O) groups is 2. The zero-order valence-electron chi connectivity index (χ0n) is 9.95. The van der Waals surface area contributed by atoms with Crippen molar-refractivity contribution in [1.29, 1.82) is 0 Å². The molecule has 0 radical (unpaired) electrons. The van der Waals surface area contributed by atoms with Gasteiger partial charge in [-0.25, -0.2) is 9.88 Å². The van der Waals surface area contributed by atoms with Gasteiger partial charge in [0.1, 0.15) is 5.82 Å². The molecule has 98 valence electrons. The van der Waals surface area contributed by atoms with Gasteiger partial charge in [0.2, 0.25) is 11.8 Å². The molecule has 3 saturated heterocycles. The molecule has 6 heteroatoms. The topological polar surface area (TPSA) is 59.5 Å². The summed E-state index contributed by atoms with van der Waals surface area (Å²) in [5.41, 5.74) is 0. The van der Waals surface area contributed by atoms with E-state index in [4.69, 9.17) is 16.3 Å². The molecule has 4 heterocycles. The number of hydrogen-bond donors (Lipinski definition) is 0. The van der Waals surface area contributed by atoms with Crippen molar-refractivity contribution < 1.29 is 14.3 Å². The monoisotopic (exact) mass is 278 g/mol. The summed E-state index contributed by atoms with van der Waals surface area (Å²) in [4.78, 5) is 30.1. The number of pyridine rings is 1. The molecule has 19 heavy (non-hydrogen) atoms. The van der Waals surface area contributed by atoms with E-state index in [2.05, 4.69) is 4.98 Å². The van der Waals surface area contributed by atoms with Crippen molar-refractivity contribution in [2.45, 2.75) is 25.0 Å². The number of rotatable bonds is 1. The second-order valence-electron chi connectivity index (χ2n) is 5.19. The lowest BCUT2D eigenvalue weighted by Crippen LogP contribution is -2.34. The predicted molar refractivity (Wildman–Crippen MR) is 66.6 cm³/mol. The minimum Gasteiger partial charge on any atom is -0.373 e. The number of nitrogens with zero attached hydrogens (tertiary/aromatic N) is 2. The van der Waals surface area contributed by atoms with Gasteiger partial charge in [0.05, 0.1) is 29.1 Å². The van der Waals surface area contributed by atoms with E-state index >= 15 is 0 Å². The van der Waals surface area contributed by atoms with E-state index in [0.717, 1.165) is 12.8 Å². The Morgan fingerprint density at radius 3 is 2.32 bits per heavy atom. The summed E-state index contributed by atoms with van der Waals surface area (Å²) in [5.74, 6) is -0.644. The standard InChI is InChI=1S/C13H11ClN2O3/c14-6-1-4-9(15-5-6)16-12(17)10-7-2-3-8(19-7)11(10)13(16)18/h1,4-5,7-8,10-11H,2-3H2/t7-,8-,10-,11+/m1/s1. The lowest BCUT2D eigenvalue weighted by atomic mass is 9.81. The Hall–Kier alpha value is -1.46. The quantitative estimate of drug-likeness (QED) is 0.729. The number of carbonyl (C=O) groups excluding carboxylic acids is 2. The molecule has 0 spiro atoms. The number of aromatic nitrogens is 1. The van der Waals surface area contributed by atoms with Crippen LogP contribution in [0.1, 0.15) is 12.8 Å². The minimum atomic E-state index is -0.316. The van der Waals surface area contributed by atoms with Gasteiger partial charge in [0, 0.05) is 6.20 Å². The first-order chi connectivity index (χ1) is 9.16. The first kappa shape index (κ1) is 11.4. The summed E-state index contributed by atoms with van der Waals surface area (Å²) in [5, 5.41) is 0.478. The number of anilines is 1. The van der Waals surface area contributed by atoms with Gasteiger partial charge in [-0.3, -0.25) is 9.59 Å². The Kier molecular flexibility index (Phi) is 2.26. The van der Waals surface area contributed by atoms with Crippen molar-refractivity contribution in [2.24, 2.45) is 11.8 Å². The number of amides is 2. The van der Waals surface area contributed by atoms with Crippen LogP contribution in [0.25, 0.3) is 0 Å². The maximum absolute atomic E-state index is 12.4. The molecule has 0 aromatic carbocycles. The average Bonchev–Trinajstić information content (AvgIpc) is 3.06. The van der Waals surface area contributed by atoms with Gasteiger partial charge < -0.3 is 4.74 Å². The minimum absolute atomic E-state index is 0.0937. The molecule has 3 fully saturated rings. The maximum Gasteiger partial charge on any atom is 0.241 e. The largest absolute Gasteiger partial charge is 0.373 e. The molecule has 5 nitrogen and oxygen atoms in total. The van der Waals surface area contributed by atoms with Crippen LogP contribution in [-0.2, 0) is 14.3 Å². The highest BCUT2D eigenvalue weighted by atomic mass is 35.5. The third-order valence-electron chi connectivity index (χ3n) is 4.23. The summed E-state index contributed by atoms with van der Waals surface area (Å²) < 4.78 is 5.67. The van der Waals surface area contributed by atoms with E-state index in [9.17, 15) is 9.59 Å². The molecule has 0 aliphatic carbocycles. The molecule has 0 unspecified atom stereocenters. The Labute approximate surface area is 114 Å². The molecule has 1 aromatic rings. The van der Waals surface area contributed by atoms with Crippen molar-refractivity contribution in [3.8, 4) is 0 Å². The maximum atomic E-state index is 12.4. The summed E-state index contributed by atoms with van der Waals surface area (Å²) in [7, 11) is 0. The molecular weight excluding hydrogens is 268 g/mol. The fourth-order valence-electron chi connectivity index (χ4n) is 3.44. The van der Waals surface area contributed by atoms with E-state index in [1.165, 1.54) is 11.1 Å². The number of fused-ring (bicyclic) bond motifs is 5. The zero-order chi connectivity index (χ0) is 13.1. The normalized spacial score (nSPS) is 36.2. The first-order valence-electron chi connectivity index (χ1n) is 6.31. The molecule has 4 atom stereocenters. The van der Waals surface area contributed by atoms with E-state index in [1.807, 2.05) is 0 Å². The highest BCUT2D eigenvalue weighted by molar-refractivity contribution is 6.30. The molecular formula is C13H11ClN2O3. The molecule has 3 aliphatic heterocycles. The Morgan fingerprint density at radius 1 is 1.16 bits per heavy atom. The van der Waals surface area contributed by atoms with E-state index in [0.29, 0.717) is 10.8 Å². The molecule has 0 saturated carbocycles. The first-order valence-corrected chi connectivity index (χ1v) is 6.69. The third-order valence-corrected chi connectivity index (χ3v) is 4.45. The molecule has 2 bridgehead atoms. The second kappa shape index (κ2) is 3.77. The summed E-state index contributed by atoms with van der Waals surface area (Å²) in [6.07, 6.45) is 2.99. The number of imide groups is 1. The van der Waals surface area contributed by atoms with Crippen LogP contribution in [0.3, 0.4) is 0 Å². The van der Waals surface area contributed by atoms with Gasteiger partial charge in [-0.05, 0) is 25.0 Å². The highest BCUT2D eigenvalue weighted by Crippen LogP contribution is 2.49. The van der Waals surface area contributed by atoms with Gasteiger partial charge in [0.15, 0.2) is 0 Å². The summed E-state index contributed by atoms with van der Waals surface area (Å²) in [6, 6.07) is 3.23. The van der Waals surface area contributed by atoms with Crippen LogP contribution >= 0.6 is 11.6 Å². The van der Waals surface area contributed by atoms with Crippen molar-refractivity contribution in [2.75, 3.05) is 4.90 Å². The van der Waals surface area contributed by atoms with E-state index < -0.39 is 0 Å². The SMILES string of the molecule is O=C1[C@@H]2[C@H](C(=O)N1c1ccc(Cl)cn1)[C@H]1CC[C@H]2O1. The molecule has 1 aromatic heterocycles. The van der Waals surface area contributed by atoms with Gasteiger partial charge in [-0.2, -0.15) is 0 Å². The Balaban J connectivity index is 1.73. The Bertz CT molecular complexity index is 546. The van der Waals surface area contributed by atoms with Gasteiger partial charge in [-0.15, -0.1) is 0 Å². The summed E-state index contributed by atoms with van der Waals surface area (Å²) >= 11 is 5.77. The van der Waals surface area contributed by atoms with Crippen molar-refractivity contribution in [1.82, 2.24) is 4.98 Å². The molecule has 2 amide bonds. The number of halogens is 1. The van der Waals surface area contributed by atoms with Gasteiger partial charge >= 0.3 is 0 Å². The van der Waals surface area contributed by atoms with E-state index in [1.54, 1.807) is 12.1 Å². The van der Waals surface area contributed by atoms with Crippen LogP contribution in [-0.4, -0.2) is 29.0 Å². The number of ether oxygens (including phenoxy) is 1. The average molecular weight is 279 g/mol. The predicted octanol–water partition coefficient (Wildman–Crippen LogP) is 1.40. The third kappa shape index (κ3) is 1.42. The lowest BCUT2D eigenvalue weighted by Gasteiger charge is -2.16. The second-order valence-corrected chi connectivity index (χ2v) is 5.62. The van der Waals surface area contributed by atoms with Crippen LogP contribution in [0.15, 0.2) is 18.3 Å².